The van der Waals surface area contributed by atoms with E-state index in [9.17, 15) is 8.42 Å². The van der Waals surface area contributed by atoms with Crippen LogP contribution in [-0.2, 0) is 15.8 Å². The third-order valence-electron chi connectivity index (χ3n) is 2.79. The minimum atomic E-state index is -3.33. The molecule has 0 fully saturated rings. The maximum Gasteiger partial charge on any atom is 0.218 e. The zero-order chi connectivity index (χ0) is 13.1. The van der Waals surface area contributed by atoms with Gasteiger partial charge in [0.15, 0.2) is 0 Å². The molecule has 5 heteroatoms. The highest BCUT2D eigenvalue weighted by atomic mass is 35.5. The average molecular weight is 276 g/mol. The SMILES string of the molecule is CN(C(C)(C)CCl)S(=O)(=O)Cc1ccccc1. The molecule has 1 rings (SSSR count). The number of halogens is 1. The van der Waals surface area contributed by atoms with Gasteiger partial charge in [-0.25, -0.2) is 8.42 Å². The third-order valence-corrected chi connectivity index (χ3v) is 5.47. The molecular formula is C12H18ClNO2S. The van der Waals surface area contributed by atoms with Crippen molar-refractivity contribution in [2.24, 2.45) is 0 Å². The van der Waals surface area contributed by atoms with Crippen LogP contribution in [0.1, 0.15) is 19.4 Å². The van der Waals surface area contributed by atoms with Crippen LogP contribution in [0, 0.1) is 0 Å². The van der Waals surface area contributed by atoms with Crippen LogP contribution < -0.4 is 0 Å². The van der Waals surface area contributed by atoms with Gasteiger partial charge in [-0.3, -0.25) is 0 Å². The van der Waals surface area contributed by atoms with E-state index in [1.54, 1.807) is 19.2 Å². The molecule has 17 heavy (non-hydrogen) atoms. The fourth-order valence-electron chi connectivity index (χ4n) is 1.34. The molecular weight excluding hydrogens is 258 g/mol. The van der Waals surface area contributed by atoms with Gasteiger partial charge in [0, 0.05) is 18.5 Å². The Balaban J connectivity index is 2.90. The van der Waals surface area contributed by atoms with Gasteiger partial charge in [0.05, 0.1) is 5.75 Å². The van der Waals surface area contributed by atoms with Crippen molar-refractivity contribution in [3.05, 3.63) is 35.9 Å². The molecule has 0 aliphatic carbocycles. The number of hydrogen-bond donors (Lipinski definition) is 0. The first-order valence-electron chi connectivity index (χ1n) is 5.36. The van der Waals surface area contributed by atoms with E-state index < -0.39 is 15.6 Å². The molecule has 0 radical (unpaired) electrons. The lowest BCUT2D eigenvalue weighted by molar-refractivity contribution is 0.295. The first-order chi connectivity index (χ1) is 7.79. The fraction of sp³-hybridized carbons (Fsp3) is 0.500. The standard InChI is InChI=1S/C12H18ClNO2S/c1-12(2,10-13)14(3)17(15,16)9-11-7-5-4-6-8-11/h4-8H,9-10H2,1-3H3. The molecule has 0 aliphatic rings. The fourth-order valence-corrected chi connectivity index (χ4v) is 3.22. The van der Waals surface area contributed by atoms with Crippen molar-refractivity contribution in [2.45, 2.75) is 25.1 Å². The molecule has 96 valence electrons. The van der Waals surface area contributed by atoms with Gasteiger partial charge in [-0.1, -0.05) is 30.3 Å². The van der Waals surface area contributed by atoms with Crippen LogP contribution in [0.2, 0.25) is 0 Å². The van der Waals surface area contributed by atoms with Crippen molar-refractivity contribution < 1.29 is 8.42 Å². The second-order valence-corrected chi connectivity index (χ2v) is 6.92. The Kier molecular flexibility index (Phi) is 4.58. The number of benzene rings is 1. The molecule has 0 saturated carbocycles. The minimum Gasteiger partial charge on any atom is -0.212 e. The lowest BCUT2D eigenvalue weighted by atomic mass is 10.1. The van der Waals surface area contributed by atoms with E-state index in [1.807, 2.05) is 32.0 Å². The Bertz CT molecular complexity index is 457. The molecule has 0 N–H and O–H groups in total. The summed E-state index contributed by atoms with van der Waals surface area (Å²) < 4.78 is 25.7. The molecule has 0 amide bonds. The molecule has 0 heterocycles. The van der Waals surface area contributed by atoms with E-state index >= 15 is 0 Å². The molecule has 0 atom stereocenters. The van der Waals surface area contributed by atoms with Crippen molar-refractivity contribution in [2.75, 3.05) is 12.9 Å². The third kappa shape index (κ3) is 3.69. The Morgan fingerprint density at radius 1 is 1.24 bits per heavy atom. The lowest BCUT2D eigenvalue weighted by Gasteiger charge is -2.32. The molecule has 0 bridgehead atoms. The summed E-state index contributed by atoms with van der Waals surface area (Å²) in [6, 6.07) is 9.13. The van der Waals surface area contributed by atoms with Crippen LogP contribution in [0.4, 0.5) is 0 Å². The first kappa shape index (κ1) is 14.5. The predicted octanol–water partition coefficient (Wildman–Crippen LogP) is 2.47. The topological polar surface area (TPSA) is 37.4 Å². The summed E-state index contributed by atoms with van der Waals surface area (Å²) in [7, 11) is -1.76. The minimum absolute atomic E-state index is 0.00462. The van der Waals surface area contributed by atoms with Crippen LogP contribution in [0.3, 0.4) is 0 Å². The second-order valence-electron chi connectivity index (χ2n) is 4.66. The van der Waals surface area contributed by atoms with Gasteiger partial charge in [0.1, 0.15) is 0 Å². The summed E-state index contributed by atoms with van der Waals surface area (Å²) in [5, 5.41) is 0. The lowest BCUT2D eigenvalue weighted by Crippen LogP contribution is -2.46. The van der Waals surface area contributed by atoms with E-state index in [2.05, 4.69) is 0 Å². The normalized spacial score (nSPS) is 13.0. The number of alkyl halides is 1. The summed E-state index contributed by atoms with van der Waals surface area (Å²) >= 11 is 5.79. The van der Waals surface area contributed by atoms with Gasteiger partial charge in [-0.05, 0) is 19.4 Å². The van der Waals surface area contributed by atoms with E-state index in [1.165, 1.54) is 4.31 Å². The van der Waals surface area contributed by atoms with Crippen molar-refractivity contribution in [3.8, 4) is 0 Å². The Labute approximate surface area is 108 Å². The highest BCUT2D eigenvalue weighted by Crippen LogP contribution is 2.20. The maximum atomic E-state index is 12.2. The average Bonchev–Trinajstić information content (AvgIpc) is 2.28. The van der Waals surface area contributed by atoms with E-state index in [-0.39, 0.29) is 11.6 Å². The molecule has 0 saturated heterocycles. The van der Waals surface area contributed by atoms with Crippen molar-refractivity contribution in [1.82, 2.24) is 4.31 Å². The maximum absolute atomic E-state index is 12.2. The van der Waals surface area contributed by atoms with Crippen LogP contribution in [0.25, 0.3) is 0 Å². The highest BCUT2D eigenvalue weighted by Gasteiger charge is 2.32. The Morgan fingerprint density at radius 2 is 1.76 bits per heavy atom. The summed E-state index contributed by atoms with van der Waals surface area (Å²) in [4.78, 5) is 0. The van der Waals surface area contributed by atoms with Gasteiger partial charge in [-0.2, -0.15) is 4.31 Å². The number of rotatable bonds is 5. The van der Waals surface area contributed by atoms with Gasteiger partial charge < -0.3 is 0 Å². The Hall–Kier alpha value is -0.580. The monoisotopic (exact) mass is 275 g/mol. The molecule has 0 unspecified atom stereocenters. The summed E-state index contributed by atoms with van der Waals surface area (Å²) in [6.45, 7) is 3.62. The zero-order valence-electron chi connectivity index (χ0n) is 10.4. The number of hydrogen-bond acceptors (Lipinski definition) is 2. The van der Waals surface area contributed by atoms with Crippen molar-refractivity contribution >= 4 is 21.6 Å². The van der Waals surface area contributed by atoms with E-state index in [0.29, 0.717) is 0 Å². The van der Waals surface area contributed by atoms with Gasteiger partial charge in [0.2, 0.25) is 10.0 Å². The zero-order valence-corrected chi connectivity index (χ0v) is 11.9. The molecule has 0 aliphatic heterocycles. The van der Waals surface area contributed by atoms with Crippen LogP contribution in [-0.4, -0.2) is 31.2 Å². The summed E-state index contributed by atoms with van der Waals surface area (Å²) in [5.74, 6) is 0.266. The van der Waals surface area contributed by atoms with Gasteiger partial charge in [-0.15, -0.1) is 11.6 Å². The second kappa shape index (κ2) is 5.38. The van der Waals surface area contributed by atoms with Crippen LogP contribution in [0.5, 0.6) is 0 Å². The number of nitrogens with zero attached hydrogens (tertiary/aromatic N) is 1. The molecule has 0 aromatic heterocycles. The molecule has 0 spiro atoms. The van der Waals surface area contributed by atoms with Crippen LogP contribution >= 0.6 is 11.6 Å². The van der Waals surface area contributed by atoms with Crippen molar-refractivity contribution in [3.63, 3.8) is 0 Å². The van der Waals surface area contributed by atoms with Crippen molar-refractivity contribution in [1.29, 1.82) is 0 Å². The highest BCUT2D eigenvalue weighted by molar-refractivity contribution is 7.88. The number of sulfonamides is 1. The smallest absolute Gasteiger partial charge is 0.212 e. The van der Waals surface area contributed by atoms with E-state index in [0.717, 1.165) is 5.56 Å². The largest absolute Gasteiger partial charge is 0.218 e. The molecule has 1 aromatic carbocycles. The summed E-state index contributed by atoms with van der Waals surface area (Å²) in [6.07, 6.45) is 0. The molecule has 3 nitrogen and oxygen atoms in total. The Morgan fingerprint density at radius 3 is 2.24 bits per heavy atom. The van der Waals surface area contributed by atoms with Gasteiger partial charge >= 0.3 is 0 Å². The van der Waals surface area contributed by atoms with Gasteiger partial charge in [0.25, 0.3) is 0 Å². The van der Waals surface area contributed by atoms with E-state index in [4.69, 9.17) is 11.6 Å². The first-order valence-corrected chi connectivity index (χ1v) is 7.50. The quantitative estimate of drug-likeness (QED) is 0.774. The molecule has 1 aromatic rings. The summed E-state index contributed by atoms with van der Waals surface area (Å²) in [5.41, 5.74) is 0.208. The predicted molar refractivity (Wildman–Crippen MR) is 71.6 cm³/mol. The van der Waals surface area contributed by atoms with Crippen LogP contribution in [0.15, 0.2) is 30.3 Å².